The predicted molar refractivity (Wildman–Crippen MR) is 98.9 cm³/mol. The molecule has 2 saturated heterocycles. The van der Waals surface area contributed by atoms with Gasteiger partial charge in [0.25, 0.3) is 5.91 Å². The van der Waals surface area contributed by atoms with Crippen molar-refractivity contribution in [2.75, 3.05) is 24.6 Å². The minimum absolute atomic E-state index is 0.0599. The van der Waals surface area contributed by atoms with Gasteiger partial charge in [0.05, 0.1) is 39.3 Å². The summed E-state index contributed by atoms with van der Waals surface area (Å²) in [5.74, 6) is -0.396. The molecule has 2 aliphatic rings. The molecule has 2 aliphatic heterocycles. The zero-order chi connectivity index (χ0) is 18.5. The average Bonchev–Trinajstić information content (AvgIpc) is 3.21. The summed E-state index contributed by atoms with van der Waals surface area (Å²) < 4.78 is 25.4. The smallest absolute Gasteiger partial charge is 0.254 e. The molecule has 0 spiro atoms. The Morgan fingerprint density at radius 3 is 2.62 bits per heavy atom. The van der Waals surface area contributed by atoms with Gasteiger partial charge >= 0.3 is 0 Å². The molecule has 0 radical (unpaired) electrons. The highest BCUT2D eigenvalue weighted by Crippen LogP contribution is 2.29. The van der Waals surface area contributed by atoms with Crippen molar-refractivity contribution < 1.29 is 18.0 Å². The lowest BCUT2D eigenvalue weighted by molar-refractivity contribution is -0.135. The van der Waals surface area contributed by atoms with Crippen LogP contribution >= 0.6 is 11.3 Å². The van der Waals surface area contributed by atoms with Crippen LogP contribution in [0.4, 0.5) is 0 Å². The van der Waals surface area contributed by atoms with Gasteiger partial charge in [-0.15, -0.1) is 11.3 Å². The molecule has 1 aromatic heterocycles. The van der Waals surface area contributed by atoms with Gasteiger partial charge in [-0.2, -0.15) is 0 Å². The number of fused-ring (bicyclic) bond motifs is 2. The zero-order valence-corrected chi connectivity index (χ0v) is 15.9. The maximum atomic E-state index is 13.1. The molecule has 2 atom stereocenters. The number of carbonyl (C=O) groups excluding carboxylic acids is 2. The van der Waals surface area contributed by atoms with Gasteiger partial charge in [-0.1, -0.05) is 6.92 Å². The van der Waals surface area contributed by atoms with Crippen LogP contribution in [0.25, 0.3) is 10.2 Å². The van der Waals surface area contributed by atoms with Gasteiger partial charge in [-0.05, 0) is 18.2 Å². The van der Waals surface area contributed by atoms with E-state index in [1.165, 1.54) is 11.3 Å². The summed E-state index contributed by atoms with van der Waals surface area (Å²) in [4.78, 5) is 32.8. The number of benzene rings is 1. The Balaban J connectivity index is 1.66. The number of hydrogen-bond acceptors (Lipinski definition) is 6. The zero-order valence-electron chi connectivity index (χ0n) is 14.3. The number of aromatic nitrogens is 1. The van der Waals surface area contributed by atoms with E-state index in [0.29, 0.717) is 25.1 Å². The maximum absolute atomic E-state index is 13.1. The van der Waals surface area contributed by atoms with Gasteiger partial charge < -0.3 is 9.80 Å². The third-order valence-electron chi connectivity index (χ3n) is 5.14. The molecule has 0 N–H and O–H groups in total. The molecule has 1 aromatic carbocycles. The first-order valence-corrected chi connectivity index (χ1v) is 11.2. The average molecular weight is 393 g/mol. The van der Waals surface area contributed by atoms with Crippen molar-refractivity contribution in [3.63, 3.8) is 0 Å². The first-order valence-electron chi connectivity index (χ1n) is 8.54. The highest BCUT2D eigenvalue weighted by atomic mass is 32.2. The highest BCUT2D eigenvalue weighted by Gasteiger charge is 2.49. The van der Waals surface area contributed by atoms with Crippen LogP contribution in [0.2, 0.25) is 0 Å². The molecular formula is C17H19N3O4S2. The summed E-state index contributed by atoms with van der Waals surface area (Å²) in [5.41, 5.74) is 3.10. The van der Waals surface area contributed by atoms with Crippen molar-refractivity contribution in [3.8, 4) is 0 Å². The Kier molecular flexibility index (Phi) is 4.23. The molecule has 138 valence electrons. The fourth-order valence-corrected chi connectivity index (χ4v) is 6.57. The number of sulfone groups is 1. The molecular weight excluding hydrogens is 374 g/mol. The predicted octanol–water partition coefficient (Wildman–Crippen LogP) is 1.16. The van der Waals surface area contributed by atoms with Crippen molar-refractivity contribution in [3.05, 3.63) is 29.3 Å². The lowest BCUT2D eigenvalue weighted by Gasteiger charge is -2.43. The standard InChI is InChI=1S/C17H19N3O4S2/c1-2-16(21)19-5-6-20(14-9-26(23,24)8-13(14)19)17(22)11-3-4-12-15(7-11)25-10-18-12/h3-4,7,10,13-14H,2,5-6,8-9H2,1H3/t13-,14+/m1/s1. The third-order valence-corrected chi connectivity index (χ3v) is 7.63. The second kappa shape index (κ2) is 6.31. The Morgan fingerprint density at radius 1 is 1.19 bits per heavy atom. The van der Waals surface area contributed by atoms with E-state index < -0.39 is 21.9 Å². The first kappa shape index (κ1) is 17.4. The van der Waals surface area contributed by atoms with Crippen LogP contribution in [0.5, 0.6) is 0 Å². The van der Waals surface area contributed by atoms with Crippen LogP contribution in [0.1, 0.15) is 23.7 Å². The number of nitrogens with zero attached hydrogens (tertiary/aromatic N) is 3. The molecule has 0 unspecified atom stereocenters. The Bertz CT molecular complexity index is 985. The van der Waals surface area contributed by atoms with Gasteiger partial charge in [0.1, 0.15) is 0 Å². The number of rotatable bonds is 2. The molecule has 0 saturated carbocycles. The molecule has 4 rings (SSSR count). The van der Waals surface area contributed by atoms with Gasteiger partial charge in [-0.3, -0.25) is 9.59 Å². The van der Waals surface area contributed by atoms with Gasteiger partial charge in [0.2, 0.25) is 5.91 Å². The minimum atomic E-state index is -3.27. The largest absolute Gasteiger partial charge is 0.335 e. The number of thiazole rings is 1. The van der Waals surface area contributed by atoms with Gasteiger partial charge in [-0.25, -0.2) is 13.4 Å². The SMILES string of the molecule is CCC(=O)N1CCN(C(=O)c2ccc3ncsc3c2)[C@H]2CS(=O)(=O)C[C@H]21. The highest BCUT2D eigenvalue weighted by molar-refractivity contribution is 7.91. The Labute approximate surface area is 155 Å². The molecule has 2 amide bonds. The van der Waals surface area contributed by atoms with Crippen LogP contribution in [-0.4, -0.2) is 71.7 Å². The summed E-state index contributed by atoms with van der Waals surface area (Å²) in [6.07, 6.45) is 0.333. The number of amides is 2. The third kappa shape index (κ3) is 2.88. The van der Waals surface area contributed by atoms with E-state index in [-0.39, 0.29) is 23.3 Å². The lowest BCUT2D eigenvalue weighted by Crippen LogP contribution is -2.61. The maximum Gasteiger partial charge on any atom is 0.254 e. The molecule has 0 bridgehead atoms. The van der Waals surface area contributed by atoms with E-state index in [1.54, 1.807) is 40.4 Å². The second-order valence-corrected chi connectivity index (χ2v) is 9.73. The molecule has 3 heterocycles. The van der Waals surface area contributed by atoms with Crippen LogP contribution in [0.3, 0.4) is 0 Å². The normalized spacial score (nSPS) is 24.7. The number of carbonyl (C=O) groups is 2. The van der Waals surface area contributed by atoms with Crippen molar-refractivity contribution in [2.45, 2.75) is 25.4 Å². The van der Waals surface area contributed by atoms with Crippen LogP contribution < -0.4 is 0 Å². The van der Waals surface area contributed by atoms with Crippen LogP contribution in [0.15, 0.2) is 23.7 Å². The van der Waals surface area contributed by atoms with Crippen molar-refractivity contribution in [2.24, 2.45) is 0 Å². The fourth-order valence-electron chi connectivity index (χ4n) is 3.87. The van der Waals surface area contributed by atoms with Crippen molar-refractivity contribution >= 4 is 43.2 Å². The Morgan fingerprint density at radius 2 is 1.88 bits per heavy atom. The molecule has 0 aliphatic carbocycles. The van der Waals surface area contributed by atoms with E-state index >= 15 is 0 Å². The lowest BCUT2D eigenvalue weighted by atomic mass is 10.0. The number of piperazine rings is 1. The summed E-state index contributed by atoms with van der Waals surface area (Å²) in [5, 5.41) is 0. The topological polar surface area (TPSA) is 87.7 Å². The van der Waals surface area contributed by atoms with E-state index in [4.69, 9.17) is 0 Å². The Hall–Kier alpha value is -2.00. The van der Waals surface area contributed by atoms with Gasteiger partial charge in [0, 0.05) is 25.1 Å². The summed E-state index contributed by atoms with van der Waals surface area (Å²) >= 11 is 1.46. The van der Waals surface area contributed by atoms with E-state index in [0.717, 1.165) is 10.2 Å². The summed E-state index contributed by atoms with van der Waals surface area (Å²) in [6, 6.07) is 4.41. The second-order valence-electron chi connectivity index (χ2n) is 6.69. The number of hydrogen-bond donors (Lipinski definition) is 0. The van der Waals surface area contributed by atoms with Crippen molar-refractivity contribution in [1.29, 1.82) is 0 Å². The molecule has 7 nitrogen and oxygen atoms in total. The van der Waals surface area contributed by atoms with Gasteiger partial charge in [0.15, 0.2) is 9.84 Å². The molecule has 26 heavy (non-hydrogen) atoms. The quantitative estimate of drug-likeness (QED) is 0.764. The van der Waals surface area contributed by atoms with Crippen molar-refractivity contribution in [1.82, 2.24) is 14.8 Å². The van der Waals surface area contributed by atoms with Crippen LogP contribution in [-0.2, 0) is 14.6 Å². The van der Waals surface area contributed by atoms with E-state index in [9.17, 15) is 18.0 Å². The monoisotopic (exact) mass is 393 g/mol. The van der Waals surface area contributed by atoms with E-state index in [2.05, 4.69) is 4.98 Å². The van der Waals surface area contributed by atoms with Crippen LogP contribution in [0, 0.1) is 0 Å². The molecule has 2 fully saturated rings. The first-order chi connectivity index (χ1) is 12.4. The minimum Gasteiger partial charge on any atom is -0.335 e. The van der Waals surface area contributed by atoms with E-state index in [1.807, 2.05) is 0 Å². The fraction of sp³-hybridized carbons (Fsp3) is 0.471. The molecule has 9 heteroatoms. The molecule has 2 aromatic rings. The summed E-state index contributed by atoms with van der Waals surface area (Å²) in [7, 11) is -3.27. The summed E-state index contributed by atoms with van der Waals surface area (Å²) in [6.45, 7) is 2.49.